The third kappa shape index (κ3) is 3.38. The maximum atomic E-state index is 11.2. The van der Waals surface area contributed by atoms with Gasteiger partial charge in [-0.1, -0.05) is 18.7 Å². The standard InChI is InChI=1S/C10H13NO3S/c1-8(2)7-14-9-5-3-4-6-10(9)15(11,12)13/h3-6H,1,7H2,2H3,(H2,11,12,13). The van der Waals surface area contributed by atoms with Crippen molar-refractivity contribution in [2.75, 3.05) is 6.61 Å². The van der Waals surface area contributed by atoms with Gasteiger partial charge in [0, 0.05) is 0 Å². The van der Waals surface area contributed by atoms with Gasteiger partial charge in [0.25, 0.3) is 0 Å². The van der Waals surface area contributed by atoms with Crippen LogP contribution < -0.4 is 9.88 Å². The summed E-state index contributed by atoms with van der Waals surface area (Å²) in [5, 5.41) is 5.03. The van der Waals surface area contributed by atoms with Crippen LogP contribution in [0.5, 0.6) is 5.75 Å². The van der Waals surface area contributed by atoms with E-state index in [0.717, 1.165) is 5.57 Å². The van der Waals surface area contributed by atoms with Crippen molar-refractivity contribution in [1.82, 2.24) is 0 Å². The third-order valence-corrected chi connectivity index (χ3v) is 2.58. The average Bonchev–Trinajstić information content (AvgIpc) is 2.13. The van der Waals surface area contributed by atoms with Gasteiger partial charge >= 0.3 is 0 Å². The number of hydrogen-bond acceptors (Lipinski definition) is 3. The Morgan fingerprint density at radius 1 is 1.47 bits per heavy atom. The molecule has 0 saturated heterocycles. The molecular formula is C10H13NO3S. The quantitative estimate of drug-likeness (QED) is 0.788. The molecule has 1 aromatic carbocycles. The summed E-state index contributed by atoms with van der Waals surface area (Å²) >= 11 is 0. The van der Waals surface area contributed by atoms with E-state index in [1.807, 2.05) is 0 Å². The Morgan fingerprint density at radius 2 is 2.07 bits per heavy atom. The zero-order valence-corrected chi connectivity index (χ0v) is 9.25. The molecule has 0 radical (unpaired) electrons. The molecule has 82 valence electrons. The van der Waals surface area contributed by atoms with E-state index in [4.69, 9.17) is 9.88 Å². The predicted octanol–water partition coefficient (Wildman–Crippen LogP) is 1.29. The monoisotopic (exact) mass is 227 g/mol. The second-order valence-electron chi connectivity index (χ2n) is 3.24. The Hall–Kier alpha value is -1.33. The molecule has 0 spiro atoms. The Kier molecular flexibility index (Phi) is 3.49. The first-order chi connectivity index (χ1) is 6.91. The van der Waals surface area contributed by atoms with E-state index >= 15 is 0 Å². The summed E-state index contributed by atoms with van der Waals surface area (Å²) in [5.74, 6) is 0.253. The molecule has 0 bridgehead atoms. The minimum atomic E-state index is -3.74. The fraction of sp³-hybridized carbons (Fsp3) is 0.200. The van der Waals surface area contributed by atoms with Crippen molar-refractivity contribution in [2.45, 2.75) is 11.8 Å². The second-order valence-corrected chi connectivity index (χ2v) is 4.77. The van der Waals surface area contributed by atoms with E-state index in [0.29, 0.717) is 0 Å². The van der Waals surface area contributed by atoms with Gasteiger partial charge in [-0.25, -0.2) is 13.6 Å². The van der Waals surface area contributed by atoms with Crippen LogP contribution in [-0.2, 0) is 10.0 Å². The summed E-state index contributed by atoms with van der Waals surface area (Å²) in [4.78, 5) is -0.00810. The van der Waals surface area contributed by atoms with E-state index in [1.54, 1.807) is 25.1 Å². The maximum absolute atomic E-state index is 11.2. The lowest BCUT2D eigenvalue weighted by molar-refractivity contribution is 0.343. The molecule has 2 N–H and O–H groups in total. The third-order valence-electron chi connectivity index (χ3n) is 1.63. The summed E-state index contributed by atoms with van der Waals surface area (Å²) in [7, 11) is -3.74. The summed E-state index contributed by atoms with van der Waals surface area (Å²) in [6.45, 7) is 5.72. The van der Waals surface area contributed by atoms with E-state index in [-0.39, 0.29) is 17.3 Å². The molecule has 0 aromatic heterocycles. The SMILES string of the molecule is C=C(C)COc1ccccc1S(N)(=O)=O. The lowest BCUT2D eigenvalue weighted by atomic mass is 10.3. The molecule has 0 atom stereocenters. The van der Waals surface area contributed by atoms with Crippen LogP contribution in [0.1, 0.15) is 6.92 Å². The van der Waals surface area contributed by atoms with Crippen LogP contribution in [0.2, 0.25) is 0 Å². The van der Waals surface area contributed by atoms with Gasteiger partial charge in [-0.15, -0.1) is 0 Å². The molecule has 4 nitrogen and oxygen atoms in total. The fourth-order valence-corrected chi connectivity index (χ4v) is 1.68. The first-order valence-corrected chi connectivity index (χ1v) is 5.85. The maximum Gasteiger partial charge on any atom is 0.241 e. The topological polar surface area (TPSA) is 69.4 Å². The minimum Gasteiger partial charge on any atom is -0.488 e. The molecule has 15 heavy (non-hydrogen) atoms. The average molecular weight is 227 g/mol. The molecule has 5 heteroatoms. The molecule has 0 aliphatic carbocycles. The van der Waals surface area contributed by atoms with Gasteiger partial charge in [0.05, 0.1) is 0 Å². The summed E-state index contributed by atoms with van der Waals surface area (Å²) in [6, 6.07) is 6.24. The zero-order valence-electron chi connectivity index (χ0n) is 8.43. The summed E-state index contributed by atoms with van der Waals surface area (Å²) in [5.41, 5.74) is 0.805. The molecule has 1 rings (SSSR count). The Morgan fingerprint density at radius 3 is 2.60 bits per heavy atom. The number of para-hydroxylation sites is 1. The molecule has 1 aromatic rings. The van der Waals surface area contributed by atoms with Crippen molar-refractivity contribution in [1.29, 1.82) is 0 Å². The van der Waals surface area contributed by atoms with Crippen LogP contribution >= 0.6 is 0 Å². The van der Waals surface area contributed by atoms with Gasteiger partial charge in [0.2, 0.25) is 10.0 Å². The van der Waals surface area contributed by atoms with E-state index in [9.17, 15) is 8.42 Å². The highest BCUT2D eigenvalue weighted by molar-refractivity contribution is 7.89. The second kappa shape index (κ2) is 4.46. The molecule has 0 aliphatic rings. The van der Waals surface area contributed by atoms with Crippen LogP contribution in [0.15, 0.2) is 41.3 Å². The lowest BCUT2D eigenvalue weighted by Gasteiger charge is -2.09. The van der Waals surface area contributed by atoms with Crippen LogP contribution in [0.25, 0.3) is 0 Å². The largest absolute Gasteiger partial charge is 0.488 e. The highest BCUT2D eigenvalue weighted by Crippen LogP contribution is 2.22. The van der Waals surface area contributed by atoms with Gasteiger partial charge in [0.1, 0.15) is 17.3 Å². The molecule has 0 saturated carbocycles. The number of benzene rings is 1. The number of hydrogen-bond donors (Lipinski definition) is 1. The number of nitrogens with two attached hydrogens (primary N) is 1. The number of primary sulfonamides is 1. The highest BCUT2D eigenvalue weighted by atomic mass is 32.2. The van der Waals surface area contributed by atoms with E-state index in [2.05, 4.69) is 6.58 Å². The van der Waals surface area contributed by atoms with Crippen molar-refractivity contribution in [3.05, 3.63) is 36.4 Å². The zero-order chi connectivity index (χ0) is 11.5. The van der Waals surface area contributed by atoms with Crippen molar-refractivity contribution < 1.29 is 13.2 Å². The van der Waals surface area contributed by atoms with Gasteiger partial charge in [-0.3, -0.25) is 0 Å². The molecule has 0 heterocycles. The predicted molar refractivity (Wildman–Crippen MR) is 58.1 cm³/mol. The van der Waals surface area contributed by atoms with Gasteiger partial charge in [-0.2, -0.15) is 0 Å². The van der Waals surface area contributed by atoms with Crippen LogP contribution in [-0.4, -0.2) is 15.0 Å². The molecular weight excluding hydrogens is 214 g/mol. The Balaban J connectivity index is 3.02. The van der Waals surface area contributed by atoms with Crippen LogP contribution in [0, 0.1) is 0 Å². The number of rotatable bonds is 4. The lowest BCUT2D eigenvalue weighted by Crippen LogP contribution is -2.14. The van der Waals surface area contributed by atoms with Crippen molar-refractivity contribution in [3.8, 4) is 5.75 Å². The smallest absolute Gasteiger partial charge is 0.241 e. The van der Waals surface area contributed by atoms with Crippen molar-refractivity contribution in [3.63, 3.8) is 0 Å². The van der Waals surface area contributed by atoms with Gasteiger partial charge < -0.3 is 4.74 Å². The highest BCUT2D eigenvalue weighted by Gasteiger charge is 2.13. The van der Waals surface area contributed by atoms with Crippen LogP contribution in [0.4, 0.5) is 0 Å². The molecule has 0 unspecified atom stereocenters. The number of sulfonamides is 1. The molecule has 0 fully saturated rings. The molecule has 0 amide bonds. The van der Waals surface area contributed by atoms with Crippen LogP contribution in [0.3, 0.4) is 0 Å². The van der Waals surface area contributed by atoms with Gasteiger partial charge in [0.15, 0.2) is 0 Å². The van der Waals surface area contributed by atoms with E-state index in [1.165, 1.54) is 6.07 Å². The first kappa shape index (κ1) is 11.7. The fourth-order valence-electron chi connectivity index (χ4n) is 1.01. The Bertz CT molecular complexity index is 465. The minimum absolute atomic E-state index is 0.00810. The summed E-state index contributed by atoms with van der Waals surface area (Å²) < 4.78 is 27.6. The van der Waals surface area contributed by atoms with Gasteiger partial charge in [-0.05, 0) is 24.6 Å². The summed E-state index contributed by atoms with van der Waals surface area (Å²) in [6.07, 6.45) is 0. The van der Waals surface area contributed by atoms with E-state index < -0.39 is 10.0 Å². The molecule has 0 aliphatic heterocycles. The Labute approximate surface area is 89.4 Å². The first-order valence-electron chi connectivity index (χ1n) is 4.30. The van der Waals surface area contributed by atoms with Crippen molar-refractivity contribution in [2.24, 2.45) is 5.14 Å². The van der Waals surface area contributed by atoms with Crippen molar-refractivity contribution >= 4 is 10.0 Å². The number of ether oxygens (including phenoxy) is 1. The normalized spacial score (nSPS) is 11.1.